The number of carbonyl (C=O) groups is 1. The summed E-state index contributed by atoms with van der Waals surface area (Å²) in [7, 11) is 0. The van der Waals surface area contributed by atoms with Crippen molar-refractivity contribution < 1.29 is 9.53 Å². The Morgan fingerprint density at radius 1 is 1.15 bits per heavy atom. The van der Waals surface area contributed by atoms with Gasteiger partial charge in [0.25, 0.3) is 5.91 Å². The first-order valence-corrected chi connectivity index (χ1v) is 8.95. The Morgan fingerprint density at radius 3 is 2.38 bits per heavy atom. The number of pyridine rings is 1. The summed E-state index contributed by atoms with van der Waals surface area (Å²) in [6.45, 7) is 5.78. The molecule has 0 radical (unpaired) electrons. The number of piperidine rings is 1. The van der Waals surface area contributed by atoms with Crippen LogP contribution in [0.1, 0.15) is 42.6 Å². The van der Waals surface area contributed by atoms with Gasteiger partial charge in [0, 0.05) is 18.0 Å². The molecule has 1 amide bonds. The van der Waals surface area contributed by atoms with Gasteiger partial charge >= 0.3 is 0 Å². The van der Waals surface area contributed by atoms with Crippen LogP contribution in [0.25, 0.3) is 0 Å². The number of amides is 1. The second kappa shape index (κ2) is 7.85. The number of carbonyl (C=O) groups excluding carboxylic acids is 1. The first-order chi connectivity index (χ1) is 12.5. The number of nitrogens with two attached hydrogens (primary N) is 1. The van der Waals surface area contributed by atoms with Crippen molar-refractivity contribution in [3.63, 3.8) is 0 Å². The molecule has 1 aliphatic heterocycles. The summed E-state index contributed by atoms with van der Waals surface area (Å²) < 4.78 is 5.98. The third-order valence-corrected chi connectivity index (χ3v) is 4.90. The summed E-state index contributed by atoms with van der Waals surface area (Å²) in [6.07, 6.45) is 5.62. The fraction of sp³-hybridized carbons (Fsp3) is 0.400. The Balaban J connectivity index is 1.69. The fourth-order valence-corrected chi connectivity index (χ4v) is 3.07. The lowest BCUT2D eigenvalue weighted by molar-refractivity contribution is 0.0539. The highest BCUT2D eigenvalue weighted by Gasteiger charge is 2.31. The number of benzene rings is 1. The molecular weight excluding hydrogens is 328 g/mol. The normalized spacial score (nSPS) is 15.5. The minimum absolute atomic E-state index is 0.231. The third-order valence-electron chi connectivity index (χ3n) is 4.90. The van der Waals surface area contributed by atoms with Gasteiger partial charge in [-0.2, -0.15) is 0 Å². The molecule has 0 aliphatic carbocycles. The van der Waals surface area contributed by atoms with E-state index in [0.29, 0.717) is 5.56 Å². The maximum absolute atomic E-state index is 12.8. The SMILES string of the molecule is CC(C)(c1ccncc1)N(N)C(=O)c1ccc(OC2CCNCC2)cc1. The predicted octanol–water partition coefficient (Wildman–Crippen LogP) is 2.46. The lowest BCUT2D eigenvalue weighted by Gasteiger charge is -2.35. The van der Waals surface area contributed by atoms with Gasteiger partial charge in [0.2, 0.25) is 0 Å². The van der Waals surface area contributed by atoms with Crippen LogP contribution in [0.5, 0.6) is 5.75 Å². The zero-order chi connectivity index (χ0) is 18.6. The summed E-state index contributed by atoms with van der Waals surface area (Å²) in [5.74, 6) is 6.72. The van der Waals surface area contributed by atoms with E-state index in [4.69, 9.17) is 10.6 Å². The highest BCUT2D eigenvalue weighted by atomic mass is 16.5. The van der Waals surface area contributed by atoms with Crippen LogP contribution >= 0.6 is 0 Å². The van der Waals surface area contributed by atoms with Gasteiger partial charge in [0.1, 0.15) is 11.9 Å². The molecule has 2 aromatic rings. The van der Waals surface area contributed by atoms with Crippen LogP contribution in [0.4, 0.5) is 0 Å². The number of aromatic nitrogens is 1. The second-order valence-electron chi connectivity index (χ2n) is 7.06. The zero-order valence-electron chi connectivity index (χ0n) is 15.3. The van der Waals surface area contributed by atoms with Crippen LogP contribution in [0, 0.1) is 0 Å². The maximum atomic E-state index is 12.8. The van der Waals surface area contributed by atoms with Crippen molar-refractivity contribution in [1.82, 2.24) is 15.3 Å². The predicted molar refractivity (Wildman–Crippen MR) is 101 cm³/mol. The lowest BCUT2D eigenvalue weighted by atomic mass is 9.94. The molecule has 0 spiro atoms. The molecule has 0 unspecified atom stereocenters. The van der Waals surface area contributed by atoms with E-state index < -0.39 is 5.54 Å². The van der Waals surface area contributed by atoms with E-state index in [-0.39, 0.29) is 12.0 Å². The molecule has 0 bridgehead atoms. The van der Waals surface area contributed by atoms with Crippen LogP contribution in [0.2, 0.25) is 0 Å². The monoisotopic (exact) mass is 354 g/mol. The number of hydrazine groups is 1. The number of hydrogen-bond acceptors (Lipinski definition) is 5. The Morgan fingerprint density at radius 2 is 1.77 bits per heavy atom. The van der Waals surface area contributed by atoms with Gasteiger partial charge in [-0.15, -0.1) is 0 Å². The molecule has 6 heteroatoms. The largest absolute Gasteiger partial charge is 0.490 e. The molecule has 3 rings (SSSR count). The Labute approximate surface area is 154 Å². The topological polar surface area (TPSA) is 80.5 Å². The molecule has 1 aromatic heterocycles. The van der Waals surface area contributed by atoms with E-state index in [2.05, 4.69) is 10.3 Å². The van der Waals surface area contributed by atoms with E-state index in [0.717, 1.165) is 37.2 Å². The molecule has 3 N–H and O–H groups in total. The molecule has 2 heterocycles. The fourth-order valence-electron chi connectivity index (χ4n) is 3.07. The van der Waals surface area contributed by atoms with E-state index >= 15 is 0 Å². The summed E-state index contributed by atoms with van der Waals surface area (Å²) in [4.78, 5) is 16.8. The van der Waals surface area contributed by atoms with E-state index in [1.165, 1.54) is 5.01 Å². The smallest absolute Gasteiger partial charge is 0.268 e. The van der Waals surface area contributed by atoms with E-state index in [1.807, 2.05) is 38.1 Å². The molecule has 1 fully saturated rings. The van der Waals surface area contributed by atoms with Crippen molar-refractivity contribution in [2.75, 3.05) is 13.1 Å². The highest BCUT2D eigenvalue weighted by Crippen LogP contribution is 2.26. The van der Waals surface area contributed by atoms with E-state index in [9.17, 15) is 4.79 Å². The van der Waals surface area contributed by atoms with Gasteiger partial charge in [0.05, 0.1) is 5.54 Å². The minimum Gasteiger partial charge on any atom is -0.490 e. The number of hydrogen-bond donors (Lipinski definition) is 2. The van der Waals surface area contributed by atoms with Crippen molar-refractivity contribution >= 4 is 5.91 Å². The Hall–Kier alpha value is -2.44. The maximum Gasteiger partial charge on any atom is 0.268 e. The first-order valence-electron chi connectivity index (χ1n) is 8.95. The van der Waals surface area contributed by atoms with Gasteiger partial charge in [0.15, 0.2) is 0 Å². The summed E-state index contributed by atoms with van der Waals surface area (Å²) in [5.41, 5.74) is 0.811. The Bertz CT molecular complexity index is 725. The van der Waals surface area contributed by atoms with Crippen LogP contribution in [-0.4, -0.2) is 35.1 Å². The number of ether oxygens (including phenoxy) is 1. The minimum atomic E-state index is -0.649. The quantitative estimate of drug-likeness (QED) is 0.490. The van der Waals surface area contributed by atoms with Crippen LogP contribution in [0.3, 0.4) is 0 Å². The van der Waals surface area contributed by atoms with Crippen molar-refractivity contribution in [3.8, 4) is 5.75 Å². The van der Waals surface area contributed by atoms with Crippen LogP contribution in [0.15, 0.2) is 48.8 Å². The van der Waals surface area contributed by atoms with Gasteiger partial charge in [-0.3, -0.25) is 14.8 Å². The van der Waals surface area contributed by atoms with E-state index in [1.54, 1.807) is 24.5 Å². The standard InChI is InChI=1S/C20H26N4O2/c1-20(2,16-7-11-22-12-8-16)24(21)19(25)15-3-5-17(6-4-15)26-18-9-13-23-14-10-18/h3-8,11-12,18,23H,9-10,13-14,21H2,1-2H3. The molecule has 1 aliphatic rings. The zero-order valence-corrected chi connectivity index (χ0v) is 15.3. The molecule has 6 nitrogen and oxygen atoms in total. The number of nitrogens with zero attached hydrogens (tertiary/aromatic N) is 2. The van der Waals surface area contributed by atoms with Crippen molar-refractivity contribution in [3.05, 3.63) is 59.9 Å². The van der Waals surface area contributed by atoms with Crippen LogP contribution in [-0.2, 0) is 5.54 Å². The average Bonchev–Trinajstić information content (AvgIpc) is 2.69. The van der Waals surface area contributed by atoms with Crippen molar-refractivity contribution in [2.24, 2.45) is 5.84 Å². The molecule has 138 valence electrons. The van der Waals surface area contributed by atoms with Crippen LogP contribution < -0.4 is 15.9 Å². The Kier molecular flexibility index (Phi) is 5.54. The molecule has 26 heavy (non-hydrogen) atoms. The molecular formula is C20H26N4O2. The molecule has 0 atom stereocenters. The highest BCUT2D eigenvalue weighted by molar-refractivity contribution is 5.94. The summed E-state index contributed by atoms with van der Waals surface area (Å²) >= 11 is 0. The average molecular weight is 354 g/mol. The number of nitrogens with one attached hydrogen (secondary N) is 1. The lowest BCUT2D eigenvalue weighted by Crippen LogP contribution is -2.50. The van der Waals surface area contributed by atoms with Gasteiger partial charge < -0.3 is 10.1 Å². The van der Waals surface area contributed by atoms with Gasteiger partial charge in [-0.05, 0) is 81.7 Å². The first kappa shape index (κ1) is 18.4. The van der Waals surface area contributed by atoms with Gasteiger partial charge in [-0.25, -0.2) is 5.84 Å². The van der Waals surface area contributed by atoms with Crippen molar-refractivity contribution in [2.45, 2.75) is 38.3 Å². The number of rotatable bonds is 5. The molecule has 0 saturated carbocycles. The van der Waals surface area contributed by atoms with Gasteiger partial charge in [-0.1, -0.05) is 0 Å². The summed E-state index contributed by atoms with van der Waals surface area (Å²) in [5, 5.41) is 4.59. The third kappa shape index (κ3) is 4.03. The molecule has 1 aromatic carbocycles. The van der Waals surface area contributed by atoms with Crippen molar-refractivity contribution in [1.29, 1.82) is 0 Å². The molecule has 1 saturated heterocycles. The second-order valence-corrected chi connectivity index (χ2v) is 7.06. The summed E-state index contributed by atoms with van der Waals surface area (Å²) in [6, 6.07) is 10.9.